The van der Waals surface area contributed by atoms with Gasteiger partial charge in [0.15, 0.2) is 0 Å². The van der Waals surface area contributed by atoms with E-state index in [2.05, 4.69) is 15.4 Å². The fourth-order valence-electron chi connectivity index (χ4n) is 2.65. The van der Waals surface area contributed by atoms with Crippen LogP contribution in [0.3, 0.4) is 0 Å². The highest BCUT2D eigenvalue weighted by Crippen LogP contribution is 2.38. The second-order valence-electron chi connectivity index (χ2n) is 7.06. The van der Waals surface area contributed by atoms with Crippen LogP contribution < -0.4 is 10.9 Å². The summed E-state index contributed by atoms with van der Waals surface area (Å²) in [6.45, 7) is 8.73. The van der Waals surface area contributed by atoms with Crippen molar-refractivity contribution in [1.82, 2.24) is 19.9 Å². The summed E-state index contributed by atoms with van der Waals surface area (Å²) in [6, 6.07) is 1.80. The van der Waals surface area contributed by atoms with Gasteiger partial charge < -0.3 is 19.6 Å². The SMILES string of the molecule is CNCC(=Cc1cc2c(=O)[nH]cnn2c1)B1OC(C)(C)C(C)(C)O1. The van der Waals surface area contributed by atoms with E-state index in [1.165, 1.54) is 6.33 Å². The summed E-state index contributed by atoms with van der Waals surface area (Å²) >= 11 is 0. The van der Waals surface area contributed by atoms with Crippen LogP contribution in [0.2, 0.25) is 0 Å². The summed E-state index contributed by atoms with van der Waals surface area (Å²) in [5, 5.41) is 7.26. The Morgan fingerprint density at radius 3 is 2.62 bits per heavy atom. The molecule has 2 N–H and O–H groups in total. The van der Waals surface area contributed by atoms with Crippen LogP contribution in [-0.2, 0) is 9.31 Å². The van der Waals surface area contributed by atoms with E-state index in [1.54, 1.807) is 10.6 Å². The van der Waals surface area contributed by atoms with Crippen LogP contribution in [0.5, 0.6) is 0 Å². The van der Waals surface area contributed by atoms with Gasteiger partial charge in [-0.3, -0.25) is 4.79 Å². The second-order valence-corrected chi connectivity index (χ2v) is 7.06. The topological polar surface area (TPSA) is 80.7 Å². The van der Waals surface area contributed by atoms with Crippen molar-refractivity contribution in [2.24, 2.45) is 0 Å². The van der Waals surface area contributed by atoms with E-state index >= 15 is 0 Å². The Morgan fingerprint density at radius 1 is 1.38 bits per heavy atom. The molecule has 0 spiro atoms. The molecule has 1 aliphatic rings. The zero-order valence-corrected chi connectivity index (χ0v) is 14.7. The maximum atomic E-state index is 11.8. The molecule has 0 bridgehead atoms. The smallest absolute Gasteiger partial charge is 0.400 e. The van der Waals surface area contributed by atoms with Crippen LogP contribution in [0.15, 0.2) is 28.9 Å². The average molecular weight is 330 g/mol. The largest absolute Gasteiger partial charge is 0.491 e. The van der Waals surface area contributed by atoms with E-state index in [0.29, 0.717) is 12.1 Å². The summed E-state index contributed by atoms with van der Waals surface area (Å²) < 4.78 is 13.8. The number of aromatic amines is 1. The molecule has 1 aliphatic heterocycles. The molecule has 0 amide bonds. The normalized spacial score (nSPS) is 20.0. The Labute approximate surface area is 141 Å². The quantitative estimate of drug-likeness (QED) is 0.825. The van der Waals surface area contributed by atoms with Gasteiger partial charge in [0.25, 0.3) is 5.56 Å². The third-order valence-corrected chi connectivity index (χ3v) is 4.72. The van der Waals surface area contributed by atoms with E-state index < -0.39 is 18.3 Å². The Morgan fingerprint density at radius 2 is 2.04 bits per heavy atom. The highest BCUT2D eigenvalue weighted by atomic mass is 16.7. The first-order valence-electron chi connectivity index (χ1n) is 8.00. The molecule has 128 valence electrons. The number of aromatic nitrogens is 3. The number of nitrogens with one attached hydrogen (secondary N) is 2. The fraction of sp³-hybridized carbons (Fsp3) is 0.500. The minimum absolute atomic E-state index is 0.171. The van der Waals surface area contributed by atoms with Gasteiger partial charge in [-0.15, -0.1) is 0 Å². The van der Waals surface area contributed by atoms with Gasteiger partial charge in [-0.25, -0.2) is 4.52 Å². The molecule has 24 heavy (non-hydrogen) atoms. The van der Waals surface area contributed by atoms with Crippen LogP contribution in [0, 0.1) is 0 Å². The maximum Gasteiger partial charge on any atom is 0.491 e. The van der Waals surface area contributed by atoms with Crippen molar-refractivity contribution in [3.05, 3.63) is 40.0 Å². The molecular weight excluding hydrogens is 307 g/mol. The maximum absolute atomic E-state index is 11.8. The fourth-order valence-corrected chi connectivity index (χ4v) is 2.65. The molecule has 1 fully saturated rings. The molecule has 0 aromatic carbocycles. The van der Waals surface area contributed by atoms with Crippen molar-refractivity contribution in [3.63, 3.8) is 0 Å². The van der Waals surface area contributed by atoms with Gasteiger partial charge in [-0.1, -0.05) is 6.08 Å². The lowest BCUT2D eigenvalue weighted by atomic mass is 9.77. The molecule has 7 nitrogen and oxygen atoms in total. The van der Waals surface area contributed by atoms with E-state index in [0.717, 1.165) is 11.0 Å². The average Bonchev–Trinajstić information content (AvgIpc) is 2.98. The van der Waals surface area contributed by atoms with Crippen molar-refractivity contribution in [2.45, 2.75) is 38.9 Å². The predicted molar refractivity (Wildman–Crippen MR) is 93.8 cm³/mol. The zero-order chi connectivity index (χ0) is 17.5. The summed E-state index contributed by atoms with van der Waals surface area (Å²) in [6.07, 6.45) is 5.17. The molecule has 0 saturated carbocycles. The number of H-pyrrole nitrogens is 1. The number of fused-ring (bicyclic) bond motifs is 1. The third kappa shape index (κ3) is 2.92. The van der Waals surface area contributed by atoms with Crippen molar-refractivity contribution in [2.75, 3.05) is 13.6 Å². The lowest BCUT2D eigenvalue weighted by Gasteiger charge is -2.32. The van der Waals surface area contributed by atoms with E-state index in [4.69, 9.17) is 9.31 Å². The van der Waals surface area contributed by atoms with Gasteiger partial charge in [0, 0.05) is 12.7 Å². The third-order valence-electron chi connectivity index (χ3n) is 4.72. The first-order valence-corrected chi connectivity index (χ1v) is 8.00. The molecule has 3 rings (SSSR count). The minimum atomic E-state index is -0.434. The molecule has 0 radical (unpaired) electrons. The molecule has 3 heterocycles. The van der Waals surface area contributed by atoms with E-state index in [-0.39, 0.29) is 5.56 Å². The number of hydrogen-bond acceptors (Lipinski definition) is 5. The van der Waals surface area contributed by atoms with E-state index in [9.17, 15) is 4.79 Å². The Balaban J connectivity index is 1.97. The van der Waals surface area contributed by atoms with Crippen LogP contribution in [0.25, 0.3) is 11.6 Å². The molecule has 0 aliphatic carbocycles. The molecule has 8 heteroatoms. The Kier molecular flexibility index (Phi) is 4.15. The lowest BCUT2D eigenvalue weighted by Crippen LogP contribution is -2.41. The lowest BCUT2D eigenvalue weighted by molar-refractivity contribution is 0.00578. The predicted octanol–water partition coefficient (Wildman–Crippen LogP) is 1.26. The van der Waals surface area contributed by atoms with Gasteiger partial charge in [-0.05, 0) is 51.8 Å². The molecule has 2 aromatic rings. The molecule has 0 atom stereocenters. The first kappa shape index (κ1) is 16.9. The number of rotatable bonds is 4. The van der Waals surface area contributed by atoms with Gasteiger partial charge in [0.1, 0.15) is 11.8 Å². The highest BCUT2D eigenvalue weighted by Gasteiger charge is 2.52. The van der Waals surface area contributed by atoms with Crippen LogP contribution in [-0.4, -0.2) is 46.5 Å². The zero-order valence-electron chi connectivity index (χ0n) is 14.7. The Bertz CT molecular complexity index is 821. The van der Waals surface area contributed by atoms with Crippen molar-refractivity contribution in [3.8, 4) is 0 Å². The number of hydrogen-bond donors (Lipinski definition) is 2. The summed E-state index contributed by atoms with van der Waals surface area (Å²) in [5.41, 5.74) is 1.38. The number of nitrogens with zero attached hydrogens (tertiary/aromatic N) is 2. The first-order chi connectivity index (χ1) is 11.2. The standard InChI is InChI=1S/C16H23BN4O3/c1-15(2)16(3,4)24-17(23-15)12(8-18-5)6-11-7-13-14(22)19-10-20-21(13)9-11/h6-7,9-10,18H,8H2,1-5H3,(H,19,20,22). The highest BCUT2D eigenvalue weighted by molar-refractivity contribution is 6.55. The monoisotopic (exact) mass is 330 g/mol. The molecule has 0 unspecified atom stereocenters. The van der Waals surface area contributed by atoms with Gasteiger partial charge >= 0.3 is 7.12 Å². The summed E-state index contributed by atoms with van der Waals surface area (Å²) in [4.78, 5) is 14.4. The van der Waals surface area contributed by atoms with Crippen LogP contribution in [0.4, 0.5) is 0 Å². The minimum Gasteiger partial charge on any atom is -0.400 e. The number of likely N-dealkylation sites (N-methyl/N-ethyl adjacent to an activating group) is 1. The van der Waals surface area contributed by atoms with Gasteiger partial charge in [-0.2, -0.15) is 5.10 Å². The summed E-state index contributed by atoms with van der Waals surface area (Å²) in [5.74, 6) is 0. The van der Waals surface area contributed by atoms with Crippen molar-refractivity contribution < 1.29 is 9.31 Å². The van der Waals surface area contributed by atoms with Crippen molar-refractivity contribution >= 4 is 18.7 Å². The van der Waals surface area contributed by atoms with Crippen LogP contribution >= 0.6 is 0 Å². The van der Waals surface area contributed by atoms with E-state index in [1.807, 2.05) is 47.0 Å². The molecule has 1 saturated heterocycles. The molecule has 2 aromatic heterocycles. The second kappa shape index (κ2) is 5.88. The van der Waals surface area contributed by atoms with Crippen LogP contribution in [0.1, 0.15) is 33.3 Å². The van der Waals surface area contributed by atoms with Crippen molar-refractivity contribution in [1.29, 1.82) is 0 Å². The Hall–Kier alpha value is -1.90. The van der Waals surface area contributed by atoms with Gasteiger partial charge in [0.05, 0.1) is 11.2 Å². The van der Waals surface area contributed by atoms with Gasteiger partial charge in [0.2, 0.25) is 0 Å². The summed E-state index contributed by atoms with van der Waals surface area (Å²) in [7, 11) is 1.44. The molecular formula is C16H23BN4O3.